The number of halogens is 4. The number of likely N-dealkylation sites (tertiary alicyclic amines) is 1. The highest BCUT2D eigenvalue weighted by molar-refractivity contribution is 6.17. The van der Waals surface area contributed by atoms with E-state index in [4.69, 9.17) is 11.6 Å². The molecule has 0 aromatic heterocycles. The maximum Gasteiger partial charge on any atom is 0.391 e. The number of hydrogen-bond donors (Lipinski definition) is 0. The van der Waals surface area contributed by atoms with E-state index in [0.717, 1.165) is 6.42 Å². The van der Waals surface area contributed by atoms with E-state index >= 15 is 0 Å². The summed E-state index contributed by atoms with van der Waals surface area (Å²) in [7, 11) is 0. The lowest BCUT2D eigenvalue weighted by Crippen LogP contribution is -2.42. The molecule has 0 aromatic carbocycles. The van der Waals surface area contributed by atoms with Crippen LogP contribution in [0.4, 0.5) is 13.2 Å². The first kappa shape index (κ1) is 14.6. The van der Waals surface area contributed by atoms with Crippen LogP contribution in [0.1, 0.15) is 32.1 Å². The summed E-state index contributed by atoms with van der Waals surface area (Å²) in [5.74, 6) is -0.770. The highest BCUT2D eigenvalue weighted by atomic mass is 35.5. The maximum absolute atomic E-state index is 12.4. The Balaban J connectivity index is 2.29. The standard InChI is InChI=1S/C11H17ClF3NO/c12-6-2-1-3-10(17)16-7-4-9(5-8-16)11(13,14)15/h9H,1-8H2. The summed E-state index contributed by atoms with van der Waals surface area (Å²) < 4.78 is 37.2. The topological polar surface area (TPSA) is 20.3 Å². The molecule has 0 bridgehead atoms. The zero-order valence-electron chi connectivity index (χ0n) is 9.60. The molecule has 1 rings (SSSR count). The van der Waals surface area contributed by atoms with Gasteiger partial charge >= 0.3 is 6.18 Å². The molecule has 0 saturated carbocycles. The number of nitrogens with zero attached hydrogens (tertiary/aromatic N) is 1. The molecule has 0 radical (unpaired) electrons. The summed E-state index contributed by atoms with van der Waals surface area (Å²) >= 11 is 5.49. The Morgan fingerprint density at radius 2 is 1.82 bits per heavy atom. The van der Waals surface area contributed by atoms with Crippen molar-refractivity contribution in [2.24, 2.45) is 5.92 Å². The Kier molecular flexibility index (Phi) is 5.56. The van der Waals surface area contributed by atoms with Crippen LogP contribution in [0.2, 0.25) is 0 Å². The predicted octanol–water partition coefficient (Wildman–Crippen LogP) is 3.20. The average Bonchev–Trinajstić information content (AvgIpc) is 2.28. The lowest BCUT2D eigenvalue weighted by atomic mass is 9.96. The second kappa shape index (κ2) is 6.47. The molecule has 17 heavy (non-hydrogen) atoms. The normalized spacial score (nSPS) is 18.5. The Labute approximate surface area is 104 Å². The van der Waals surface area contributed by atoms with Crippen LogP contribution >= 0.6 is 11.6 Å². The van der Waals surface area contributed by atoms with E-state index in [0.29, 0.717) is 18.7 Å². The van der Waals surface area contributed by atoms with E-state index in [2.05, 4.69) is 0 Å². The van der Waals surface area contributed by atoms with Gasteiger partial charge in [-0.2, -0.15) is 13.2 Å². The van der Waals surface area contributed by atoms with E-state index in [-0.39, 0.29) is 31.8 Å². The van der Waals surface area contributed by atoms with Gasteiger partial charge in [0.05, 0.1) is 5.92 Å². The van der Waals surface area contributed by atoms with Crippen LogP contribution in [-0.4, -0.2) is 36.0 Å². The van der Waals surface area contributed by atoms with Gasteiger partial charge in [0.25, 0.3) is 0 Å². The second-order valence-electron chi connectivity index (χ2n) is 4.34. The van der Waals surface area contributed by atoms with Crippen molar-refractivity contribution in [3.05, 3.63) is 0 Å². The summed E-state index contributed by atoms with van der Waals surface area (Å²) in [6, 6.07) is 0. The monoisotopic (exact) mass is 271 g/mol. The van der Waals surface area contributed by atoms with Crippen molar-refractivity contribution in [3.8, 4) is 0 Å². The predicted molar refractivity (Wildman–Crippen MR) is 59.9 cm³/mol. The maximum atomic E-state index is 12.4. The van der Waals surface area contributed by atoms with E-state index in [1.807, 2.05) is 0 Å². The smallest absolute Gasteiger partial charge is 0.343 e. The van der Waals surface area contributed by atoms with Crippen molar-refractivity contribution < 1.29 is 18.0 Å². The van der Waals surface area contributed by atoms with Crippen LogP contribution in [0.5, 0.6) is 0 Å². The molecule has 6 heteroatoms. The Hall–Kier alpha value is -0.450. The lowest BCUT2D eigenvalue weighted by Gasteiger charge is -2.33. The summed E-state index contributed by atoms with van der Waals surface area (Å²) in [5, 5.41) is 0. The Morgan fingerprint density at radius 3 is 2.29 bits per heavy atom. The highest BCUT2D eigenvalue weighted by Gasteiger charge is 2.41. The van der Waals surface area contributed by atoms with Crippen LogP contribution in [0.15, 0.2) is 0 Å². The zero-order chi connectivity index (χ0) is 12.9. The fourth-order valence-corrected chi connectivity index (χ4v) is 2.17. The minimum atomic E-state index is -4.12. The van der Waals surface area contributed by atoms with Crippen molar-refractivity contribution in [1.29, 1.82) is 0 Å². The van der Waals surface area contributed by atoms with Gasteiger partial charge in [-0.1, -0.05) is 0 Å². The first-order valence-corrected chi connectivity index (χ1v) is 6.39. The minimum absolute atomic E-state index is 0.0325. The quantitative estimate of drug-likeness (QED) is 0.568. The molecule has 100 valence electrons. The lowest BCUT2D eigenvalue weighted by molar-refractivity contribution is -0.186. The van der Waals surface area contributed by atoms with E-state index in [1.165, 1.54) is 4.90 Å². The minimum Gasteiger partial charge on any atom is -0.343 e. The SMILES string of the molecule is O=C(CCCCCl)N1CCC(C(F)(F)F)CC1. The fraction of sp³-hybridized carbons (Fsp3) is 0.909. The first-order valence-electron chi connectivity index (χ1n) is 5.85. The third kappa shape index (κ3) is 4.74. The van der Waals surface area contributed by atoms with Crippen LogP contribution in [0.3, 0.4) is 0 Å². The first-order chi connectivity index (χ1) is 7.95. The van der Waals surface area contributed by atoms with Crippen LogP contribution in [0, 0.1) is 5.92 Å². The number of unbranched alkanes of at least 4 members (excludes halogenated alkanes) is 1. The third-order valence-corrected chi connectivity index (χ3v) is 3.35. The number of amides is 1. The molecule has 0 unspecified atom stereocenters. The molecule has 1 fully saturated rings. The number of piperidine rings is 1. The molecule has 1 saturated heterocycles. The van der Waals surface area contributed by atoms with E-state index in [1.54, 1.807) is 0 Å². The van der Waals surface area contributed by atoms with Crippen molar-refractivity contribution in [1.82, 2.24) is 4.90 Å². The summed E-state index contributed by atoms with van der Waals surface area (Å²) in [6.45, 7) is 0.452. The summed E-state index contributed by atoms with van der Waals surface area (Å²) in [6.07, 6.45) is -2.18. The summed E-state index contributed by atoms with van der Waals surface area (Å²) in [5.41, 5.74) is 0. The fourth-order valence-electron chi connectivity index (χ4n) is 1.99. The third-order valence-electron chi connectivity index (χ3n) is 3.08. The van der Waals surface area contributed by atoms with Gasteiger partial charge in [0, 0.05) is 25.4 Å². The number of carbonyl (C=O) groups is 1. The molecular formula is C11H17ClF3NO. The van der Waals surface area contributed by atoms with Crippen LogP contribution < -0.4 is 0 Å². The molecule has 0 N–H and O–H groups in total. The molecule has 1 aliphatic heterocycles. The van der Waals surface area contributed by atoms with Gasteiger partial charge in [0.15, 0.2) is 0 Å². The molecule has 1 amide bonds. The number of hydrogen-bond acceptors (Lipinski definition) is 1. The van der Waals surface area contributed by atoms with Crippen molar-refractivity contribution in [2.75, 3.05) is 19.0 Å². The van der Waals surface area contributed by atoms with Gasteiger partial charge in [-0.15, -0.1) is 11.6 Å². The van der Waals surface area contributed by atoms with E-state index in [9.17, 15) is 18.0 Å². The average molecular weight is 272 g/mol. The molecule has 0 atom stereocenters. The molecule has 0 aliphatic carbocycles. The van der Waals surface area contributed by atoms with Crippen molar-refractivity contribution in [3.63, 3.8) is 0 Å². The zero-order valence-corrected chi connectivity index (χ0v) is 10.4. The summed E-state index contributed by atoms with van der Waals surface area (Å²) in [4.78, 5) is 13.2. The van der Waals surface area contributed by atoms with Crippen LogP contribution in [-0.2, 0) is 4.79 Å². The molecule has 2 nitrogen and oxygen atoms in total. The van der Waals surface area contributed by atoms with E-state index < -0.39 is 12.1 Å². The molecular weight excluding hydrogens is 255 g/mol. The largest absolute Gasteiger partial charge is 0.391 e. The van der Waals surface area contributed by atoms with Crippen LogP contribution in [0.25, 0.3) is 0 Å². The number of alkyl halides is 4. The number of carbonyl (C=O) groups excluding carboxylic acids is 1. The number of rotatable bonds is 4. The van der Waals surface area contributed by atoms with Gasteiger partial charge in [-0.05, 0) is 25.7 Å². The van der Waals surface area contributed by atoms with Crippen molar-refractivity contribution in [2.45, 2.75) is 38.3 Å². The molecule has 1 aliphatic rings. The van der Waals surface area contributed by atoms with Gasteiger partial charge in [0.1, 0.15) is 0 Å². The Morgan fingerprint density at radius 1 is 1.24 bits per heavy atom. The molecule has 1 heterocycles. The Bertz CT molecular complexity index is 250. The highest BCUT2D eigenvalue weighted by Crippen LogP contribution is 2.34. The van der Waals surface area contributed by atoms with Gasteiger partial charge in [0.2, 0.25) is 5.91 Å². The second-order valence-corrected chi connectivity index (χ2v) is 4.72. The van der Waals surface area contributed by atoms with Gasteiger partial charge in [-0.25, -0.2) is 0 Å². The van der Waals surface area contributed by atoms with Gasteiger partial charge < -0.3 is 4.90 Å². The molecule has 0 spiro atoms. The van der Waals surface area contributed by atoms with Gasteiger partial charge in [-0.3, -0.25) is 4.79 Å². The van der Waals surface area contributed by atoms with Crippen molar-refractivity contribution >= 4 is 17.5 Å². The molecule has 0 aromatic rings.